The Balaban J connectivity index is 2.30. The van der Waals surface area contributed by atoms with Gasteiger partial charge in [-0.05, 0) is 37.0 Å². The van der Waals surface area contributed by atoms with Crippen LogP contribution in [0.5, 0.6) is 0 Å². The van der Waals surface area contributed by atoms with Crippen molar-refractivity contribution in [2.75, 3.05) is 0 Å². The molecule has 0 aromatic carbocycles. The summed E-state index contributed by atoms with van der Waals surface area (Å²) in [5, 5.41) is 0. The zero-order chi connectivity index (χ0) is 10.4. The lowest BCUT2D eigenvalue weighted by Crippen LogP contribution is -2.21. The van der Waals surface area contributed by atoms with Gasteiger partial charge in [-0.2, -0.15) is 0 Å². The molecule has 0 bridgehead atoms. The quantitative estimate of drug-likeness (QED) is 0.378. The van der Waals surface area contributed by atoms with Gasteiger partial charge in [-0.1, -0.05) is 32.4 Å². The summed E-state index contributed by atoms with van der Waals surface area (Å²) in [7, 11) is 0. The fourth-order valence-corrected chi connectivity index (χ4v) is 2.37. The third kappa shape index (κ3) is 4.08. The number of carbonyl (C=O) groups excluding carboxylic acids is 1. The van der Waals surface area contributed by atoms with Crippen LogP contribution >= 0.6 is 0 Å². The highest BCUT2D eigenvalue weighted by atomic mass is 16.1. The first-order chi connectivity index (χ1) is 6.64. The fraction of sp³-hybridized carbons (Fsp3) is 0.769. The molecule has 1 rings (SSSR count). The van der Waals surface area contributed by atoms with Crippen LogP contribution in [0.3, 0.4) is 0 Å². The molecular weight excluding hydrogens is 172 g/mol. The van der Waals surface area contributed by atoms with E-state index in [0.717, 1.165) is 18.6 Å². The molecule has 0 amide bonds. The largest absolute Gasteiger partial charge is 0.303 e. The summed E-state index contributed by atoms with van der Waals surface area (Å²) in [5.74, 6) is 0.755. The number of hydrogen-bond acceptors (Lipinski definition) is 1. The van der Waals surface area contributed by atoms with Gasteiger partial charge >= 0.3 is 0 Å². The van der Waals surface area contributed by atoms with Crippen molar-refractivity contribution >= 4 is 6.29 Å². The van der Waals surface area contributed by atoms with Crippen LogP contribution in [0.15, 0.2) is 12.2 Å². The molecule has 14 heavy (non-hydrogen) atoms. The average Bonchev–Trinajstić information content (AvgIpc) is 2.11. The van der Waals surface area contributed by atoms with Gasteiger partial charge in [-0.3, -0.25) is 0 Å². The summed E-state index contributed by atoms with van der Waals surface area (Å²) < 4.78 is 0. The third-order valence-corrected chi connectivity index (χ3v) is 3.10. The van der Waals surface area contributed by atoms with E-state index in [9.17, 15) is 4.79 Å². The van der Waals surface area contributed by atoms with Crippen LogP contribution in [0, 0.1) is 11.3 Å². The lowest BCUT2D eigenvalue weighted by atomic mass is 9.72. The number of carbonyl (C=O) groups is 1. The van der Waals surface area contributed by atoms with Gasteiger partial charge in [-0.25, -0.2) is 0 Å². The predicted molar refractivity (Wildman–Crippen MR) is 60.2 cm³/mol. The molecule has 0 unspecified atom stereocenters. The van der Waals surface area contributed by atoms with Gasteiger partial charge in [0, 0.05) is 6.42 Å². The molecule has 0 heterocycles. The first-order valence-electron chi connectivity index (χ1n) is 5.74. The molecule has 1 nitrogen and oxygen atoms in total. The van der Waals surface area contributed by atoms with Gasteiger partial charge in [0.05, 0.1) is 0 Å². The van der Waals surface area contributed by atoms with Crippen LogP contribution in [0.25, 0.3) is 0 Å². The van der Waals surface area contributed by atoms with E-state index in [1.807, 2.05) is 0 Å². The molecule has 1 aliphatic carbocycles. The molecular formula is C13H22O. The van der Waals surface area contributed by atoms with Crippen molar-refractivity contribution in [3.05, 3.63) is 12.2 Å². The minimum Gasteiger partial charge on any atom is -0.303 e. The van der Waals surface area contributed by atoms with Crippen LogP contribution in [0.1, 0.15) is 52.4 Å². The number of rotatable bonds is 4. The molecule has 0 radical (unpaired) electrons. The van der Waals surface area contributed by atoms with Crippen LogP contribution in [-0.2, 0) is 4.79 Å². The van der Waals surface area contributed by atoms with E-state index in [0.29, 0.717) is 11.8 Å². The molecule has 1 heteroatoms. The molecule has 1 saturated carbocycles. The molecule has 0 N–H and O–H groups in total. The van der Waals surface area contributed by atoms with E-state index in [1.165, 1.54) is 25.7 Å². The van der Waals surface area contributed by atoms with Crippen molar-refractivity contribution in [2.45, 2.75) is 52.4 Å². The maximum absolute atomic E-state index is 10.1. The summed E-state index contributed by atoms with van der Waals surface area (Å²) in [6.45, 7) is 4.72. The van der Waals surface area contributed by atoms with E-state index >= 15 is 0 Å². The predicted octanol–water partition coefficient (Wildman–Crippen LogP) is 3.74. The smallest absolute Gasteiger partial charge is 0.120 e. The van der Waals surface area contributed by atoms with Crippen molar-refractivity contribution in [3.63, 3.8) is 0 Å². The second kappa shape index (κ2) is 5.33. The highest BCUT2D eigenvalue weighted by Crippen LogP contribution is 2.38. The normalized spacial score (nSPS) is 26.6. The number of unbranched alkanes of at least 4 members (excludes halogenated alkanes) is 1. The Morgan fingerprint density at radius 3 is 2.79 bits per heavy atom. The lowest BCUT2D eigenvalue weighted by Gasteiger charge is -2.33. The molecule has 0 spiro atoms. The lowest BCUT2D eigenvalue weighted by molar-refractivity contribution is -0.107. The summed E-state index contributed by atoms with van der Waals surface area (Å²) in [6.07, 6.45) is 12.5. The molecule has 0 aromatic heterocycles. The molecule has 1 atom stereocenters. The summed E-state index contributed by atoms with van der Waals surface area (Å²) in [5.41, 5.74) is 0.526. The van der Waals surface area contributed by atoms with Crippen molar-refractivity contribution in [1.29, 1.82) is 0 Å². The zero-order valence-corrected chi connectivity index (χ0v) is 9.46. The van der Waals surface area contributed by atoms with E-state index in [-0.39, 0.29) is 0 Å². The Hall–Kier alpha value is -0.590. The monoisotopic (exact) mass is 194 g/mol. The van der Waals surface area contributed by atoms with Crippen molar-refractivity contribution in [1.82, 2.24) is 0 Å². The highest BCUT2D eigenvalue weighted by molar-refractivity contribution is 5.49. The minimum absolute atomic E-state index is 0.526. The van der Waals surface area contributed by atoms with E-state index in [2.05, 4.69) is 26.0 Å². The first-order valence-corrected chi connectivity index (χ1v) is 5.74. The Labute approximate surface area is 87.6 Å². The second-order valence-corrected chi connectivity index (χ2v) is 5.19. The van der Waals surface area contributed by atoms with Crippen molar-refractivity contribution in [2.24, 2.45) is 11.3 Å². The number of allylic oxidation sites excluding steroid dienone is 2. The molecule has 1 aliphatic rings. The van der Waals surface area contributed by atoms with Crippen LogP contribution in [0.2, 0.25) is 0 Å². The molecule has 0 saturated heterocycles. The Bertz CT molecular complexity index is 203. The van der Waals surface area contributed by atoms with Crippen LogP contribution in [-0.4, -0.2) is 6.29 Å². The topological polar surface area (TPSA) is 17.1 Å². The van der Waals surface area contributed by atoms with Gasteiger partial charge in [0.2, 0.25) is 0 Å². The van der Waals surface area contributed by atoms with Gasteiger partial charge in [0.1, 0.15) is 6.29 Å². The molecule has 80 valence electrons. The average molecular weight is 194 g/mol. The van der Waals surface area contributed by atoms with Gasteiger partial charge in [-0.15, -0.1) is 0 Å². The number of hydrogen-bond donors (Lipinski definition) is 0. The Morgan fingerprint density at radius 1 is 1.36 bits per heavy atom. The Morgan fingerprint density at radius 2 is 2.14 bits per heavy atom. The maximum atomic E-state index is 10.1. The molecule has 1 fully saturated rings. The van der Waals surface area contributed by atoms with Gasteiger partial charge in [0.15, 0.2) is 0 Å². The number of aldehydes is 1. The van der Waals surface area contributed by atoms with Crippen molar-refractivity contribution < 1.29 is 4.79 Å². The molecule has 0 aromatic rings. The standard InChI is InChI=1S/C13H22O/c1-13(2)9-6-8-12(11-13)7-4-3-5-10-14/h4,7,10,12H,3,5-6,8-9,11H2,1-2H3/t12-/m0/s1. The minimum atomic E-state index is 0.526. The maximum Gasteiger partial charge on any atom is 0.120 e. The van der Waals surface area contributed by atoms with Crippen LogP contribution in [0.4, 0.5) is 0 Å². The van der Waals surface area contributed by atoms with E-state index in [4.69, 9.17) is 0 Å². The van der Waals surface area contributed by atoms with E-state index < -0.39 is 0 Å². The Kier molecular flexibility index (Phi) is 4.37. The van der Waals surface area contributed by atoms with Crippen molar-refractivity contribution in [3.8, 4) is 0 Å². The van der Waals surface area contributed by atoms with Crippen LogP contribution < -0.4 is 0 Å². The third-order valence-electron chi connectivity index (χ3n) is 3.10. The van der Waals surface area contributed by atoms with Gasteiger partial charge in [0.25, 0.3) is 0 Å². The second-order valence-electron chi connectivity index (χ2n) is 5.19. The fourth-order valence-electron chi connectivity index (χ4n) is 2.37. The summed E-state index contributed by atoms with van der Waals surface area (Å²) in [4.78, 5) is 10.1. The zero-order valence-electron chi connectivity index (χ0n) is 9.46. The van der Waals surface area contributed by atoms with E-state index in [1.54, 1.807) is 0 Å². The summed E-state index contributed by atoms with van der Waals surface area (Å²) >= 11 is 0. The SMILES string of the molecule is CC1(C)CCC[C@H](C=CCCC=O)C1. The highest BCUT2D eigenvalue weighted by Gasteiger charge is 2.26. The first kappa shape index (κ1) is 11.5. The molecule has 0 aliphatic heterocycles. The van der Waals surface area contributed by atoms with Gasteiger partial charge < -0.3 is 4.79 Å². The summed E-state index contributed by atoms with van der Waals surface area (Å²) in [6, 6.07) is 0.